The Morgan fingerprint density at radius 1 is 0.961 bits per heavy atom. The minimum atomic E-state index is -1.04. The molecule has 0 bridgehead atoms. The molecule has 0 aromatic carbocycles. The summed E-state index contributed by atoms with van der Waals surface area (Å²) in [6, 6.07) is -1.84. The van der Waals surface area contributed by atoms with Crippen LogP contribution in [0.15, 0.2) is 23.8 Å². The molecule has 1 saturated heterocycles. The minimum absolute atomic E-state index is 0.0567. The van der Waals surface area contributed by atoms with Gasteiger partial charge >= 0.3 is 6.03 Å². The zero-order chi connectivity index (χ0) is 39.9. The van der Waals surface area contributed by atoms with E-state index in [1.807, 2.05) is 45.6 Å². The third-order valence-corrected chi connectivity index (χ3v) is 8.01. The van der Waals surface area contributed by atoms with Crippen molar-refractivity contribution >= 4 is 35.9 Å². The highest BCUT2D eigenvalue weighted by Gasteiger charge is 2.41. The molecule has 3 rings (SSSR count). The highest BCUT2D eigenvalue weighted by Crippen LogP contribution is 2.31. The van der Waals surface area contributed by atoms with E-state index in [0.29, 0.717) is 24.8 Å². The number of carbonyl (C=O) groups excluding carboxylic acids is 6. The Bertz CT molecular complexity index is 1140. The maximum absolute atomic E-state index is 13.3. The minimum Gasteiger partial charge on any atom is -0.363 e. The average molecular weight is 721 g/mol. The molecule has 6 amide bonds. The number of allylic oxidation sites excluding steroid dienone is 2. The Balaban J connectivity index is 0. The summed E-state index contributed by atoms with van der Waals surface area (Å²) in [4.78, 5) is 70.2. The first kappa shape index (κ1) is 49.4. The molecule has 3 aliphatic rings. The topological polar surface area (TPSA) is 180 Å². The number of amides is 6. The van der Waals surface area contributed by atoms with Crippen molar-refractivity contribution in [1.82, 2.24) is 26.2 Å². The Labute approximate surface area is 309 Å². The highest BCUT2D eigenvalue weighted by atomic mass is 16.2. The number of primary amides is 1. The van der Waals surface area contributed by atoms with E-state index in [0.717, 1.165) is 43.2 Å². The molecule has 0 radical (unpaired) electrons. The lowest BCUT2D eigenvalue weighted by molar-refractivity contribution is -0.137. The van der Waals surface area contributed by atoms with E-state index in [1.165, 1.54) is 19.8 Å². The summed E-state index contributed by atoms with van der Waals surface area (Å²) in [5.41, 5.74) is 5.24. The Hall–Kier alpha value is -3.70. The Kier molecular flexibility index (Phi) is 25.3. The van der Waals surface area contributed by atoms with Gasteiger partial charge in [0.15, 0.2) is 0 Å². The van der Waals surface area contributed by atoms with Crippen molar-refractivity contribution in [2.75, 3.05) is 19.6 Å². The molecule has 51 heavy (non-hydrogen) atoms. The van der Waals surface area contributed by atoms with Crippen LogP contribution < -0.4 is 27.0 Å². The van der Waals surface area contributed by atoms with Crippen molar-refractivity contribution in [2.24, 2.45) is 34.8 Å². The number of ketones is 1. The second kappa shape index (κ2) is 26.1. The molecule has 0 spiro atoms. The highest BCUT2D eigenvalue weighted by molar-refractivity contribution is 6.37. The molecule has 6 N–H and O–H groups in total. The van der Waals surface area contributed by atoms with Crippen LogP contribution in [-0.4, -0.2) is 78.6 Å². The SMILES string of the molecule is CC.CC(C)C.CC(C)[C@@H]1CC(C)N(C(=O)C(NC(=O)NCC(=O)NCC2=CCCC=C2)C(C)(C)C)C1.CC(NC=O)C(=O)C(N)=O.CC1CC1. The second-order valence-electron chi connectivity index (χ2n) is 15.4. The molecule has 0 aromatic heterocycles. The van der Waals surface area contributed by atoms with Gasteiger partial charge in [-0.2, -0.15) is 0 Å². The molecular weight excluding hydrogens is 648 g/mol. The third-order valence-electron chi connectivity index (χ3n) is 8.01. The fourth-order valence-corrected chi connectivity index (χ4v) is 4.64. The summed E-state index contributed by atoms with van der Waals surface area (Å²) in [5.74, 6) is 0.753. The van der Waals surface area contributed by atoms with Crippen LogP contribution in [-0.2, 0) is 24.0 Å². The summed E-state index contributed by atoms with van der Waals surface area (Å²) in [6.07, 6.45) is 12.5. The van der Waals surface area contributed by atoms with Crippen molar-refractivity contribution in [3.05, 3.63) is 23.8 Å². The van der Waals surface area contributed by atoms with Crippen molar-refractivity contribution < 1.29 is 28.8 Å². The van der Waals surface area contributed by atoms with Gasteiger partial charge in [0, 0.05) is 19.1 Å². The van der Waals surface area contributed by atoms with Crippen molar-refractivity contribution in [1.29, 1.82) is 0 Å². The molecule has 1 heterocycles. The predicted molar refractivity (Wildman–Crippen MR) is 206 cm³/mol. The number of carbonyl (C=O) groups is 6. The van der Waals surface area contributed by atoms with Crippen LogP contribution in [0, 0.1) is 29.1 Å². The van der Waals surface area contributed by atoms with Gasteiger partial charge in [0.1, 0.15) is 6.04 Å². The lowest BCUT2D eigenvalue weighted by Crippen LogP contribution is -2.57. The maximum atomic E-state index is 13.3. The van der Waals surface area contributed by atoms with Gasteiger partial charge in [0.25, 0.3) is 5.91 Å². The van der Waals surface area contributed by atoms with E-state index in [9.17, 15) is 28.8 Å². The number of urea groups is 1. The van der Waals surface area contributed by atoms with Gasteiger partial charge < -0.3 is 31.9 Å². The third kappa shape index (κ3) is 23.4. The van der Waals surface area contributed by atoms with E-state index >= 15 is 0 Å². The summed E-state index contributed by atoms with van der Waals surface area (Å²) in [7, 11) is 0. The van der Waals surface area contributed by atoms with E-state index < -0.39 is 35.2 Å². The molecule has 294 valence electrons. The lowest BCUT2D eigenvalue weighted by Gasteiger charge is -2.35. The van der Waals surface area contributed by atoms with Crippen LogP contribution in [0.4, 0.5) is 4.79 Å². The molecule has 0 aromatic rings. The number of likely N-dealkylation sites (tertiary alicyclic amines) is 1. The van der Waals surface area contributed by atoms with Gasteiger partial charge in [-0.05, 0) is 67.8 Å². The number of hydrogen-bond donors (Lipinski definition) is 5. The number of nitrogens with two attached hydrogens (primary N) is 1. The largest absolute Gasteiger partial charge is 0.363 e. The molecule has 2 fully saturated rings. The van der Waals surface area contributed by atoms with Crippen LogP contribution in [0.1, 0.15) is 122 Å². The van der Waals surface area contributed by atoms with E-state index in [-0.39, 0.29) is 24.4 Å². The molecular formula is C39H72N6O6. The summed E-state index contributed by atoms with van der Waals surface area (Å²) < 4.78 is 0. The van der Waals surface area contributed by atoms with Crippen LogP contribution >= 0.6 is 0 Å². The first-order valence-corrected chi connectivity index (χ1v) is 18.7. The van der Waals surface area contributed by atoms with Gasteiger partial charge in [-0.1, -0.05) is 107 Å². The smallest absolute Gasteiger partial charge is 0.315 e. The lowest BCUT2D eigenvalue weighted by atomic mass is 9.85. The van der Waals surface area contributed by atoms with Crippen LogP contribution in [0.5, 0.6) is 0 Å². The second-order valence-corrected chi connectivity index (χ2v) is 15.4. The fraction of sp³-hybridized carbons (Fsp3) is 0.744. The predicted octanol–water partition coefficient (Wildman–Crippen LogP) is 5.27. The summed E-state index contributed by atoms with van der Waals surface area (Å²) in [5, 5.41) is 10.3. The van der Waals surface area contributed by atoms with Crippen molar-refractivity contribution in [2.45, 2.75) is 140 Å². The van der Waals surface area contributed by atoms with Gasteiger partial charge in [-0.15, -0.1) is 0 Å². The maximum Gasteiger partial charge on any atom is 0.315 e. The van der Waals surface area contributed by atoms with E-state index in [4.69, 9.17) is 0 Å². The van der Waals surface area contributed by atoms with Crippen molar-refractivity contribution in [3.8, 4) is 0 Å². The van der Waals surface area contributed by atoms with Crippen LogP contribution in [0.25, 0.3) is 0 Å². The Morgan fingerprint density at radius 3 is 1.90 bits per heavy atom. The zero-order valence-electron chi connectivity index (χ0n) is 34.0. The fourth-order valence-electron chi connectivity index (χ4n) is 4.64. The quantitative estimate of drug-likeness (QED) is 0.143. The number of Topliss-reactive ketones (excluding diaryl/α,β-unsaturated/α-hetero) is 1. The molecule has 12 heteroatoms. The van der Waals surface area contributed by atoms with E-state index in [1.54, 1.807) is 0 Å². The number of nitrogens with zero attached hydrogens (tertiary/aromatic N) is 1. The molecule has 2 aliphatic carbocycles. The van der Waals surface area contributed by atoms with Gasteiger partial charge in [-0.25, -0.2) is 4.79 Å². The Morgan fingerprint density at radius 2 is 1.51 bits per heavy atom. The van der Waals surface area contributed by atoms with E-state index in [2.05, 4.69) is 87.6 Å². The summed E-state index contributed by atoms with van der Waals surface area (Å²) >= 11 is 0. The standard InChI is InChI=1S/C24H40N4O3.C5H8N2O3.C4H8.C4H10.C2H6/c1-16(2)19-12-17(3)28(15-19)22(30)21(24(4,5)6)27-23(31)26-14-20(29)25-13-18-10-8-7-9-11-18;1-3(7-2-8)4(9)5(6)10;1-4-2-3-4;1-4(2)3;1-2/h8,10-11,16-17,19,21H,7,9,12-15H2,1-6H3,(H,25,29)(H2,26,27,31);2-3H,1H3,(H2,6,10)(H,7,8);4H,2-3H2,1H3;4H,1-3H3;1-2H3/t17?,19-,21?;;;;/m1..../s1. The van der Waals surface area contributed by atoms with Gasteiger partial charge in [-0.3, -0.25) is 24.0 Å². The molecule has 1 aliphatic heterocycles. The van der Waals surface area contributed by atoms with Crippen LogP contribution in [0.2, 0.25) is 0 Å². The normalized spacial score (nSPS) is 18.6. The molecule has 4 atom stereocenters. The van der Waals surface area contributed by atoms with Crippen LogP contribution in [0.3, 0.4) is 0 Å². The van der Waals surface area contributed by atoms with Crippen molar-refractivity contribution in [3.63, 3.8) is 0 Å². The van der Waals surface area contributed by atoms with Gasteiger partial charge in [0.05, 0.1) is 12.6 Å². The molecule has 12 nitrogen and oxygen atoms in total. The molecule has 1 saturated carbocycles. The monoisotopic (exact) mass is 721 g/mol. The number of hydrogen-bond acceptors (Lipinski definition) is 6. The number of rotatable bonds is 11. The average Bonchev–Trinajstić information content (AvgIpc) is 3.74. The molecule has 3 unspecified atom stereocenters. The first-order valence-electron chi connectivity index (χ1n) is 18.7. The zero-order valence-corrected chi connectivity index (χ0v) is 34.0. The number of nitrogens with one attached hydrogen (secondary N) is 4. The summed E-state index contributed by atoms with van der Waals surface area (Å²) in [6.45, 7) is 27.4. The van der Waals surface area contributed by atoms with Gasteiger partial charge in [0.2, 0.25) is 24.0 Å². The first-order chi connectivity index (χ1) is 23.7.